The molecule has 0 aromatic heterocycles. The summed E-state index contributed by atoms with van der Waals surface area (Å²) in [4.78, 5) is 12.6. The number of hydrogen-bond acceptors (Lipinski definition) is 3. The molecule has 0 saturated heterocycles. The van der Waals surface area contributed by atoms with Crippen LogP contribution < -0.4 is 5.73 Å². The van der Waals surface area contributed by atoms with Gasteiger partial charge in [-0.05, 0) is 6.04 Å². The lowest BCUT2D eigenvalue weighted by molar-refractivity contribution is -0.138. The zero-order valence-electron chi connectivity index (χ0n) is 11.9. The van der Waals surface area contributed by atoms with E-state index in [2.05, 4.69) is 19.6 Å². The Bertz CT molecular complexity index is 293. The second kappa shape index (κ2) is 7.13. The van der Waals surface area contributed by atoms with Crippen LogP contribution in [0.15, 0.2) is 0 Å². The highest BCUT2D eigenvalue weighted by molar-refractivity contribution is 6.76. The summed E-state index contributed by atoms with van der Waals surface area (Å²) in [6.07, 6.45) is -6.06. The van der Waals surface area contributed by atoms with Gasteiger partial charge < -0.3 is 15.4 Å². The fourth-order valence-corrected chi connectivity index (χ4v) is 2.06. The minimum absolute atomic E-state index is 0.175. The Morgan fingerprint density at radius 2 is 1.89 bits per heavy atom. The van der Waals surface area contributed by atoms with Crippen molar-refractivity contribution in [2.75, 3.05) is 20.2 Å². The summed E-state index contributed by atoms with van der Waals surface area (Å²) in [7, 11) is 0.0902. The van der Waals surface area contributed by atoms with Crippen LogP contribution in [0.5, 0.6) is 0 Å². The van der Waals surface area contributed by atoms with Crippen molar-refractivity contribution in [1.29, 1.82) is 0 Å². The number of amides is 1. The number of alkyl halides is 3. The quantitative estimate of drug-likeness (QED) is 0.767. The summed E-state index contributed by atoms with van der Waals surface area (Å²) >= 11 is 0. The third-order valence-electron chi connectivity index (χ3n) is 2.39. The van der Waals surface area contributed by atoms with Gasteiger partial charge in [0.2, 0.25) is 0 Å². The van der Waals surface area contributed by atoms with Gasteiger partial charge in [0.25, 0.3) is 0 Å². The molecule has 2 N–H and O–H groups in total. The Morgan fingerprint density at radius 3 is 2.32 bits per heavy atom. The normalized spacial score (nSPS) is 14.1. The fourth-order valence-electron chi connectivity index (χ4n) is 1.34. The molecule has 0 aromatic rings. The van der Waals surface area contributed by atoms with E-state index >= 15 is 0 Å². The highest BCUT2D eigenvalue weighted by atomic mass is 28.3. The summed E-state index contributed by atoms with van der Waals surface area (Å²) in [5, 5.41) is 0. The summed E-state index contributed by atoms with van der Waals surface area (Å²) in [6.45, 7) is 6.55. The molecule has 1 unspecified atom stereocenters. The van der Waals surface area contributed by atoms with Crippen molar-refractivity contribution in [3.8, 4) is 0 Å². The predicted molar refractivity (Wildman–Crippen MR) is 70.8 cm³/mol. The molecule has 0 saturated carbocycles. The van der Waals surface area contributed by atoms with Gasteiger partial charge in [-0.25, -0.2) is 4.79 Å². The fraction of sp³-hybridized carbons (Fsp3) is 0.909. The summed E-state index contributed by atoms with van der Waals surface area (Å²) < 4.78 is 41.2. The third-order valence-corrected chi connectivity index (χ3v) is 4.10. The van der Waals surface area contributed by atoms with Crippen LogP contribution in [-0.2, 0) is 4.74 Å². The van der Waals surface area contributed by atoms with Crippen LogP contribution in [0.25, 0.3) is 0 Å². The minimum atomic E-state index is -4.32. The first kappa shape index (κ1) is 18.2. The maximum atomic E-state index is 12.1. The molecule has 0 radical (unpaired) electrons. The molecule has 0 bridgehead atoms. The van der Waals surface area contributed by atoms with Crippen LogP contribution in [0.4, 0.5) is 18.0 Å². The topological polar surface area (TPSA) is 55.6 Å². The second-order valence-electron chi connectivity index (χ2n) is 5.88. The van der Waals surface area contributed by atoms with Crippen molar-refractivity contribution in [1.82, 2.24) is 4.90 Å². The van der Waals surface area contributed by atoms with Gasteiger partial charge in [0.15, 0.2) is 0 Å². The third kappa shape index (κ3) is 10.8. The smallest absolute Gasteiger partial charge is 0.409 e. The van der Waals surface area contributed by atoms with E-state index in [-0.39, 0.29) is 6.54 Å². The van der Waals surface area contributed by atoms with Crippen LogP contribution in [-0.4, -0.2) is 51.5 Å². The van der Waals surface area contributed by atoms with Gasteiger partial charge in [0.1, 0.15) is 0 Å². The number of hydrogen-bond donors (Lipinski definition) is 1. The lowest BCUT2D eigenvalue weighted by atomic mass is 10.2. The number of ether oxygens (including phenoxy) is 1. The van der Waals surface area contributed by atoms with E-state index in [4.69, 9.17) is 10.5 Å². The maximum Gasteiger partial charge on any atom is 0.409 e. The Balaban J connectivity index is 4.00. The van der Waals surface area contributed by atoms with Gasteiger partial charge >= 0.3 is 12.3 Å². The van der Waals surface area contributed by atoms with Crippen molar-refractivity contribution >= 4 is 14.2 Å². The molecule has 0 fully saturated rings. The highest BCUT2D eigenvalue weighted by Crippen LogP contribution is 2.21. The molecular formula is C11H23F3N2O2Si. The van der Waals surface area contributed by atoms with Crippen molar-refractivity contribution < 1.29 is 22.7 Å². The average Bonchev–Trinajstić information content (AvgIpc) is 2.11. The molecule has 19 heavy (non-hydrogen) atoms. The van der Waals surface area contributed by atoms with Gasteiger partial charge in [0.05, 0.1) is 13.0 Å². The second-order valence-corrected chi connectivity index (χ2v) is 11.5. The van der Waals surface area contributed by atoms with Crippen molar-refractivity contribution in [3.63, 3.8) is 0 Å². The van der Waals surface area contributed by atoms with Crippen LogP contribution in [0.2, 0.25) is 25.7 Å². The molecule has 0 aliphatic rings. The number of rotatable bonds is 6. The van der Waals surface area contributed by atoms with Crippen LogP contribution in [0.3, 0.4) is 0 Å². The number of nitrogens with two attached hydrogens (primary N) is 1. The first-order valence-corrected chi connectivity index (χ1v) is 9.81. The highest BCUT2D eigenvalue weighted by Gasteiger charge is 2.31. The Morgan fingerprint density at radius 1 is 1.37 bits per heavy atom. The van der Waals surface area contributed by atoms with Crippen molar-refractivity contribution in [2.24, 2.45) is 5.73 Å². The monoisotopic (exact) mass is 300 g/mol. The molecule has 4 nitrogen and oxygen atoms in total. The molecule has 1 amide bonds. The molecule has 0 aromatic carbocycles. The Labute approximate surface area is 113 Å². The average molecular weight is 300 g/mol. The number of halogens is 3. The van der Waals surface area contributed by atoms with E-state index in [1.807, 2.05) is 0 Å². The summed E-state index contributed by atoms with van der Waals surface area (Å²) in [6, 6.07) is -0.309. The number of nitrogens with zero attached hydrogens (tertiary/aromatic N) is 1. The van der Waals surface area contributed by atoms with Crippen LogP contribution >= 0.6 is 0 Å². The number of likely N-dealkylation sites (N-methyl/N-ethyl adjacent to an activating group) is 1. The molecule has 0 aliphatic heterocycles. The molecular weight excluding hydrogens is 277 g/mol. The van der Waals surface area contributed by atoms with E-state index in [9.17, 15) is 18.0 Å². The van der Waals surface area contributed by atoms with Crippen molar-refractivity contribution in [2.45, 2.75) is 44.3 Å². The Hall–Kier alpha value is -0.763. The number of carbonyl (C=O) groups is 1. The van der Waals surface area contributed by atoms with Gasteiger partial charge in [-0.2, -0.15) is 13.2 Å². The standard InChI is InChI=1S/C11H23F3N2O2Si/c1-16(8-9(15)7-11(12,13)14)10(17)18-5-6-19(2,3)4/h9H,5-8,15H2,1-4H3. The molecule has 8 heteroatoms. The predicted octanol–water partition coefficient (Wildman–Crippen LogP) is 2.67. The maximum absolute atomic E-state index is 12.1. The minimum Gasteiger partial charge on any atom is -0.450 e. The van der Waals surface area contributed by atoms with E-state index < -0.39 is 32.8 Å². The SMILES string of the molecule is CN(CC(N)CC(F)(F)F)C(=O)OCC[Si](C)(C)C. The molecule has 1 atom stereocenters. The number of carbonyl (C=O) groups excluding carboxylic acids is 1. The van der Waals surface area contributed by atoms with Crippen LogP contribution in [0.1, 0.15) is 6.42 Å². The van der Waals surface area contributed by atoms with Gasteiger partial charge in [-0.15, -0.1) is 0 Å². The summed E-state index contributed by atoms with van der Waals surface area (Å²) in [5.74, 6) is 0. The Kier molecular flexibility index (Phi) is 6.85. The first-order valence-electron chi connectivity index (χ1n) is 6.11. The summed E-state index contributed by atoms with van der Waals surface area (Å²) in [5.41, 5.74) is 5.33. The molecule has 0 heterocycles. The zero-order chi connectivity index (χ0) is 15.3. The lowest BCUT2D eigenvalue weighted by Gasteiger charge is -2.23. The molecule has 0 aliphatic carbocycles. The lowest BCUT2D eigenvalue weighted by Crippen LogP contribution is -2.41. The zero-order valence-corrected chi connectivity index (χ0v) is 12.9. The van der Waals surface area contributed by atoms with Gasteiger partial charge in [-0.3, -0.25) is 0 Å². The van der Waals surface area contributed by atoms with Crippen LogP contribution in [0, 0.1) is 0 Å². The van der Waals surface area contributed by atoms with Gasteiger partial charge in [-0.1, -0.05) is 19.6 Å². The first-order chi connectivity index (χ1) is 8.41. The van der Waals surface area contributed by atoms with Gasteiger partial charge in [0, 0.05) is 27.7 Å². The molecule has 114 valence electrons. The van der Waals surface area contributed by atoms with E-state index in [1.165, 1.54) is 7.05 Å². The van der Waals surface area contributed by atoms with E-state index in [0.717, 1.165) is 10.9 Å². The largest absolute Gasteiger partial charge is 0.450 e. The van der Waals surface area contributed by atoms with E-state index in [1.54, 1.807) is 0 Å². The molecule has 0 rings (SSSR count). The van der Waals surface area contributed by atoms with Crippen molar-refractivity contribution in [3.05, 3.63) is 0 Å². The van der Waals surface area contributed by atoms with E-state index in [0.29, 0.717) is 6.61 Å². The molecule has 0 spiro atoms.